The second kappa shape index (κ2) is 6.62. The summed E-state index contributed by atoms with van der Waals surface area (Å²) in [6.45, 7) is 8.56. The van der Waals surface area contributed by atoms with Gasteiger partial charge in [0.05, 0.1) is 11.2 Å². The lowest BCUT2D eigenvalue weighted by molar-refractivity contribution is 0.00578. The molecule has 130 valence electrons. The van der Waals surface area contributed by atoms with Crippen LogP contribution in [-0.4, -0.2) is 29.2 Å². The van der Waals surface area contributed by atoms with E-state index in [1.165, 1.54) is 0 Å². The standard InChI is InChI=1S/C19H23BN2O3/c1-18(2)19(3,4)25-20(24-18)16-7-5-15(6-8-16)17(23)22-13-14-9-11-21-12-10-14/h5-12H,13H2,1-4H3,(H,22,23). The highest BCUT2D eigenvalue weighted by molar-refractivity contribution is 6.62. The number of aromatic nitrogens is 1. The van der Waals surface area contributed by atoms with E-state index in [1.807, 2.05) is 52.0 Å². The smallest absolute Gasteiger partial charge is 0.399 e. The molecule has 0 bridgehead atoms. The maximum atomic E-state index is 12.3. The molecular weight excluding hydrogens is 315 g/mol. The summed E-state index contributed by atoms with van der Waals surface area (Å²) in [6, 6.07) is 11.1. The quantitative estimate of drug-likeness (QED) is 0.869. The van der Waals surface area contributed by atoms with Crippen LogP contribution in [0.1, 0.15) is 43.6 Å². The second-order valence-corrected chi connectivity index (χ2v) is 7.25. The lowest BCUT2D eigenvalue weighted by Crippen LogP contribution is -2.41. The van der Waals surface area contributed by atoms with Crippen molar-refractivity contribution >= 4 is 18.5 Å². The van der Waals surface area contributed by atoms with Gasteiger partial charge in [-0.3, -0.25) is 9.78 Å². The molecule has 1 aliphatic rings. The van der Waals surface area contributed by atoms with Gasteiger partial charge < -0.3 is 14.6 Å². The Hall–Kier alpha value is -2.18. The third-order valence-corrected chi connectivity index (χ3v) is 4.90. The molecule has 5 nitrogen and oxygen atoms in total. The molecule has 0 atom stereocenters. The van der Waals surface area contributed by atoms with Crippen LogP contribution >= 0.6 is 0 Å². The molecule has 1 aromatic carbocycles. The Kier molecular flexibility index (Phi) is 4.67. The summed E-state index contributed by atoms with van der Waals surface area (Å²) in [5.41, 5.74) is 1.77. The fourth-order valence-corrected chi connectivity index (χ4v) is 2.56. The minimum atomic E-state index is -0.418. The van der Waals surface area contributed by atoms with Crippen LogP contribution in [-0.2, 0) is 15.9 Å². The van der Waals surface area contributed by atoms with Gasteiger partial charge in [-0.05, 0) is 63.0 Å². The molecule has 1 N–H and O–H groups in total. The van der Waals surface area contributed by atoms with E-state index in [0.717, 1.165) is 11.0 Å². The topological polar surface area (TPSA) is 60.5 Å². The monoisotopic (exact) mass is 338 g/mol. The Bertz CT molecular complexity index is 729. The molecule has 1 amide bonds. The number of hydrogen-bond acceptors (Lipinski definition) is 4. The molecule has 3 rings (SSSR count). The molecule has 0 saturated carbocycles. The van der Waals surface area contributed by atoms with E-state index >= 15 is 0 Å². The van der Waals surface area contributed by atoms with E-state index in [9.17, 15) is 4.79 Å². The second-order valence-electron chi connectivity index (χ2n) is 7.25. The van der Waals surface area contributed by atoms with Crippen molar-refractivity contribution in [3.63, 3.8) is 0 Å². The molecule has 6 heteroatoms. The third-order valence-electron chi connectivity index (χ3n) is 4.90. The van der Waals surface area contributed by atoms with Gasteiger partial charge in [0.1, 0.15) is 0 Å². The van der Waals surface area contributed by atoms with Crippen molar-refractivity contribution in [3.05, 3.63) is 59.9 Å². The molecule has 1 aliphatic heterocycles. The van der Waals surface area contributed by atoms with E-state index in [0.29, 0.717) is 12.1 Å². The van der Waals surface area contributed by atoms with Gasteiger partial charge in [0.2, 0.25) is 0 Å². The average molecular weight is 338 g/mol. The third kappa shape index (κ3) is 3.75. The summed E-state index contributed by atoms with van der Waals surface area (Å²) < 4.78 is 12.1. The van der Waals surface area contributed by atoms with E-state index in [1.54, 1.807) is 24.5 Å². The zero-order chi connectivity index (χ0) is 18.1. The van der Waals surface area contributed by atoms with Gasteiger partial charge in [-0.2, -0.15) is 0 Å². The van der Waals surface area contributed by atoms with Crippen LogP contribution in [0, 0.1) is 0 Å². The van der Waals surface area contributed by atoms with Crippen molar-refractivity contribution < 1.29 is 14.1 Å². The summed E-state index contributed by atoms with van der Waals surface area (Å²) in [6.07, 6.45) is 3.42. The van der Waals surface area contributed by atoms with Gasteiger partial charge in [0.25, 0.3) is 5.91 Å². The summed E-state index contributed by atoms with van der Waals surface area (Å²) in [5, 5.41) is 2.90. The molecule has 0 aliphatic carbocycles. The normalized spacial score (nSPS) is 18.2. The molecule has 1 aromatic heterocycles. The van der Waals surface area contributed by atoms with Crippen molar-refractivity contribution in [1.29, 1.82) is 0 Å². The van der Waals surface area contributed by atoms with Gasteiger partial charge in [0, 0.05) is 24.5 Å². The van der Waals surface area contributed by atoms with E-state index in [4.69, 9.17) is 9.31 Å². The number of benzene rings is 1. The first-order valence-electron chi connectivity index (χ1n) is 8.41. The molecule has 0 spiro atoms. The van der Waals surface area contributed by atoms with Crippen molar-refractivity contribution in [2.24, 2.45) is 0 Å². The minimum Gasteiger partial charge on any atom is -0.399 e. The van der Waals surface area contributed by atoms with Crippen LogP contribution in [0.25, 0.3) is 0 Å². The molecule has 1 saturated heterocycles. The molecule has 0 unspecified atom stereocenters. The number of pyridine rings is 1. The first-order valence-corrected chi connectivity index (χ1v) is 8.41. The van der Waals surface area contributed by atoms with E-state index < -0.39 is 7.12 Å². The predicted octanol–water partition coefficient (Wildman–Crippen LogP) is 2.31. The van der Waals surface area contributed by atoms with Crippen molar-refractivity contribution in [1.82, 2.24) is 10.3 Å². The van der Waals surface area contributed by atoms with Crippen LogP contribution in [0.2, 0.25) is 0 Å². The van der Waals surface area contributed by atoms with Crippen LogP contribution in [0.4, 0.5) is 0 Å². The van der Waals surface area contributed by atoms with Crippen LogP contribution in [0.5, 0.6) is 0 Å². The first kappa shape index (κ1) is 17.6. The fourth-order valence-electron chi connectivity index (χ4n) is 2.56. The highest BCUT2D eigenvalue weighted by Crippen LogP contribution is 2.36. The maximum Gasteiger partial charge on any atom is 0.494 e. The number of nitrogens with zero attached hydrogens (tertiary/aromatic N) is 1. The predicted molar refractivity (Wildman–Crippen MR) is 97.6 cm³/mol. The Balaban J connectivity index is 1.63. The SMILES string of the molecule is CC1(C)OB(c2ccc(C(=O)NCc3ccncc3)cc2)OC1(C)C. The largest absolute Gasteiger partial charge is 0.494 e. The average Bonchev–Trinajstić information content (AvgIpc) is 2.81. The van der Waals surface area contributed by atoms with Gasteiger partial charge >= 0.3 is 7.12 Å². The van der Waals surface area contributed by atoms with Gasteiger partial charge in [-0.25, -0.2) is 0 Å². The summed E-state index contributed by atoms with van der Waals surface area (Å²) in [4.78, 5) is 16.2. The Morgan fingerprint density at radius 2 is 1.56 bits per heavy atom. The van der Waals surface area contributed by atoms with Crippen LogP contribution in [0.15, 0.2) is 48.8 Å². The lowest BCUT2D eigenvalue weighted by Gasteiger charge is -2.32. The molecule has 25 heavy (non-hydrogen) atoms. The van der Waals surface area contributed by atoms with Crippen molar-refractivity contribution in [3.8, 4) is 0 Å². The number of amides is 1. The number of carbonyl (C=O) groups is 1. The number of nitrogens with one attached hydrogen (secondary N) is 1. The Labute approximate surface area is 148 Å². The fraction of sp³-hybridized carbons (Fsp3) is 0.368. The maximum absolute atomic E-state index is 12.3. The van der Waals surface area contributed by atoms with Crippen LogP contribution < -0.4 is 10.8 Å². The van der Waals surface area contributed by atoms with Crippen LogP contribution in [0.3, 0.4) is 0 Å². The van der Waals surface area contributed by atoms with Gasteiger partial charge in [0.15, 0.2) is 0 Å². The molecule has 0 radical (unpaired) electrons. The summed E-state index contributed by atoms with van der Waals surface area (Å²) in [5.74, 6) is -0.114. The first-order chi connectivity index (χ1) is 11.8. The summed E-state index contributed by atoms with van der Waals surface area (Å²) >= 11 is 0. The van der Waals surface area contributed by atoms with Gasteiger partial charge in [-0.1, -0.05) is 12.1 Å². The highest BCUT2D eigenvalue weighted by atomic mass is 16.7. The molecule has 2 aromatic rings. The summed E-state index contributed by atoms with van der Waals surface area (Å²) in [7, 11) is -0.418. The van der Waals surface area contributed by atoms with Gasteiger partial charge in [-0.15, -0.1) is 0 Å². The molecule has 1 fully saturated rings. The van der Waals surface area contributed by atoms with Crippen molar-refractivity contribution in [2.45, 2.75) is 45.4 Å². The van der Waals surface area contributed by atoms with Crippen molar-refractivity contribution in [2.75, 3.05) is 0 Å². The number of rotatable bonds is 4. The highest BCUT2D eigenvalue weighted by Gasteiger charge is 2.51. The molecular formula is C19H23BN2O3. The van der Waals surface area contributed by atoms with E-state index in [-0.39, 0.29) is 17.1 Å². The number of hydrogen-bond donors (Lipinski definition) is 1. The van der Waals surface area contributed by atoms with E-state index in [2.05, 4.69) is 10.3 Å². The number of carbonyl (C=O) groups excluding carboxylic acids is 1. The lowest BCUT2D eigenvalue weighted by atomic mass is 9.79. The zero-order valence-corrected chi connectivity index (χ0v) is 15.1. The minimum absolute atomic E-state index is 0.114. The molecule has 2 heterocycles. The Morgan fingerprint density at radius 3 is 2.12 bits per heavy atom. The Morgan fingerprint density at radius 1 is 1.00 bits per heavy atom. The zero-order valence-electron chi connectivity index (χ0n) is 15.1.